The van der Waals surface area contributed by atoms with Crippen LogP contribution in [0.2, 0.25) is 5.02 Å². The fraction of sp³-hybridized carbons (Fsp3) is 0.429. The van der Waals surface area contributed by atoms with E-state index in [9.17, 15) is 9.59 Å². The Kier molecular flexibility index (Phi) is 3.74. The Bertz CT molecular complexity index is 543. The average molecular weight is 296 g/mol. The van der Waals surface area contributed by atoms with Crippen molar-refractivity contribution < 1.29 is 19.2 Å². The Morgan fingerprint density at radius 3 is 2.60 bits per heavy atom. The van der Waals surface area contributed by atoms with Crippen molar-refractivity contribution in [2.24, 2.45) is 0 Å². The van der Waals surface area contributed by atoms with Gasteiger partial charge in [-0.2, -0.15) is 0 Å². The number of amides is 2. The zero-order valence-electron chi connectivity index (χ0n) is 11.0. The number of ether oxygens (including phenoxy) is 1. The third kappa shape index (κ3) is 2.32. The number of morpholine rings is 1. The number of benzene rings is 1. The highest BCUT2D eigenvalue weighted by Gasteiger charge is 2.46. The lowest BCUT2D eigenvalue weighted by Gasteiger charge is -2.27. The first kappa shape index (κ1) is 13.5. The average Bonchev–Trinajstić information content (AvgIpc) is 2.76. The first-order chi connectivity index (χ1) is 9.68. The Labute approximate surface area is 122 Å². The van der Waals surface area contributed by atoms with E-state index in [-0.39, 0.29) is 24.3 Å². The number of rotatable bonds is 2. The molecule has 6 heteroatoms. The van der Waals surface area contributed by atoms with Crippen LogP contribution in [-0.4, -0.2) is 44.2 Å². The molecule has 0 aliphatic carbocycles. The van der Waals surface area contributed by atoms with Crippen molar-refractivity contribution in [3.05, 3.63) is 29.3 Å². The largest absolute Gasteiger partial charge is 0.370 e. The van der Waals surface area contributed by atoms with Crippen LogP contribution in [0.1, 0.15) is 6.42 Å². The van der Waals surface area contributed by atoms with Crippen LogP contribution >= 0.6 is 11.6 Å². The number of nitrogens with one attached hydrogen (secondary N) is 1. The van der Waals surface area contributed by atoms with Crippen molar-refractivity contribution in [2.45, 2.75) is 12.5 Å². The molecule has 2 amide bonds. The number of carbonyl (C=O) groups is 2. The lowest BCUT2D eigenvalue weighted by Crippen LogP contribution is -3.18. The van der Waals surface area contributed by atoms with Crippen molar-refractivity contribution in [3.63, 3.8) is 0 Å². The van der Waals surface area contributed by atoms with Crippen molar-refractivity contribution in [1.82, 2.24) is 0 Å². The normalized spacial score (nSPS) is 24.4. The van der Waals surface area contributed by atoms with E-state index in [4.69, 9.17) is 16.3 Å². The molecule has 20 heavy (non-hydrogen) atoms. The van der Waals surface area contributed by atoms with E-state index in [0.717, 1.165) is 18.0 Å². The fourth-order valence-electron chi connectivity index (χ4n) is 2.82. The molecular formula is C14H16ClN2O3+. The van der Waals surface area contributed by atoms with E-state index in [2.05, 4.69) is 0 Å². The quantitative estimate of drug-likeness (QED) is 0.775. The predicted octanol–water partition coefficient (Wildman–Crippen LogP) is -0.113. The molecule has 2 fully saturated rings. The first-order valence-electron chi connectivity index (χ1n) is 6.72. The zero-order valence-corrected chi connectivity index (χ0v) is 11.7. The molecule has 2 aliphatic heterocycles. The zero-order chi connectivity index (χ0) is 14.1. The molecular weight excluding hydrogens is 280 g/mol. The minimum absolute atomic E-state index is 0.153. The molecule has 106 valence electrons. The number of halogens is 1. The number of hydrogen-bond acceptors (Lipinski definition) is 3. The van der Waals surface area contributed by atoms with Gasteiger partial charge in [-0.1, -0.05) is 23.7 Å². The van der Waals surface area contributed by atoms with Gasteiger partial charge in [-0.3, -0.25) is 9.59 Å². The van der Waals surface area contributed by atoms with Gasteiger partial charge in [-0.25, -0.2) is 4.90 Å². The third-order valence-electron chi connectivity index (χ3n) is 3.87. The van der Waals surface area contributed by atoms with E-state index in [1.807, 2.05) is 0 Å². The van der Waals surface area contributed by atoms with Crippen LogP contribution in [0, 0.1) is 0 Å². The Balaban J connectivity index is 1.85. The summed E-state index contributed by atoms with van der Waals surface area (Å²) in [5.41, 5.74) is 0.485. The number of hydrogen-bond donors (Lipinski definition) is 1. The number of quaternary nitrogens is 1. The summed E-state index contributed by atoms with van der Waals surface area (Å²) in [7, 11) is 0. The highest BCUT2D eigenvalue weighted by Crippen LogP contribution is 2.29. The van der Waals surface area contributed by atoms with Gasteiger partial charge in [0.1, 0.15) is 13.1 Å². The number of nitrogens with zero attached hydrogens (tertiary/aromatic N) is 1. The summed E-state index contributed by atoms with van der Waals surface area (Å²) < 4.78 is 5.30. The van der Waals surface area contributed by atoms with Crippen LogP contribution < -0.4 is 9.80 Å². The molecule has 2 saturated heterocycles. The molecule has 3 rings (SSSR count). The van der Waals surface area contributed by atoms with Crippen molar-refractivity contribution in [3.8, 4) is 0 Å². The van der Waals surface area contributed by atoms with Crippen LogP contribution in [0.3, 0.4) is 0 Å². The molecule has 2 aliphatic rings. The topological polar surface area (TPSA) is 51.1 Å². The van der Waals surface area contributed by atoms with Gasteiger partial charge in [0, 0.05) is 0 Å². The van der Waals surface area contributed by atoms with Crippen molar-refractivity contribution in [1.29, 1.82) is 0 Å². The summed E-state index contributed by atoms with van der Waals surface area (Å²) in [6.07, 6.45) is 0.249. The number of imide groups is 1. The second-order valence-electron chi connectivity index (χ2n) is 5.05. The molecule has 0 aromatic heterocycles. The minimum Gasteiger partial charge on any atom is -0.370 e. The summed E-state index contributed by atoms with van der Waals surface area (Å²) in [5, 5.41) is 0.423. The highest BCUT2D eigenvalue weighted by molar-refractivity contribution is 6.36. The summed E-state index contributed by atoms with van der Waals surface area (Å²) in [6.45, 7) is 2.80. The summed E-state index contributed by atoms with van der Waals surface area (Å²) in [5.74, 6) is -0.327. The second kappa shape index (κ2) is 5.52. The summed E-state index contributed by atoms with van der Waals surface area (Å²) in [4.78, 5) is 27.1. The van der Waals surface area contributed by atoms with Gasteiger partial charge in [0.2, 0.25) is 5.91 Å². The first-order valence-corrected chi connectivity index (χ1v) is 7.10. The van der Waals surface area contributed by atoms with E-state index in [0.29, 0.717) is 23.9 Å². The smallest absolute Gasteiger partial charge is 0.292 e. The van der Waals surface area contributed by atoms with Crippen LogP contribution in [-0.2, 0) is 14.3 Å². The maximum absolute atomic E-state index is 12.6. The molecule has 0 radical (unpaired) electrons. The van der Waals surface area contributed by atoms with E-state index in [1.165, 1.54) is 4.90 Å². The Hall–Kier alpha value is -1.43. The molecule has 0 unspecified atom stereocenters. The lowest BCUT2D eigenvalue weighted by molar-refractivity contribution is -0.922. The van der Waals surface area contributed by atoms with Gasteiger partial charge < -0.3 is 9.64 Å². The highest BCUT2D eigenvalue weighted by atomic mass is 35.5. The van der Waals surface area contributed by atoms with Crippen LogP contribution in [0.15, 0.2) is 24.3 Å². The number of para-hydroxylation sites is 1. The molecule has 0 saturated carbocycles. The molecule has 1 aromatic carbocycles. The van der Waals surface area contributed by atoms with Gasteiger partial charge in [0.15, 0.2) is 6.04 Å². The van der Waals surface area contributed by atoms with E-state index < -0.39 is 0 Å². The van der Waals surface area contributed by atoms with Crippen LogP contribution in [0.4, 0.5) is 5.69 Å². The lowest BCUT2D eigenvalue weighted by atomic mass is 10.2. The standard InChI is InChI=1S/C14H15ClN2O3/c15-10-3-1-2-4-11(10)17-13(18)9-12(14(17)19)16-5-7-20-8-6-16/h1-4,12H,5-9H2/p+1/t12-/m1/s1. The molecule has 2 heterocycles. The van der Waals surface area contributed by atoms with Gasteiger partial charge in [-0.05, 0) is 12.1 Å². The van der Waals surface area contributed by atoms with Crippen molar-refractivity contribution in [2.75, 3.05) is 31.2 Å². The Morgan fingerprint density at radius 2 is 1.90 bits per heavy atom. The molecule has 5 nitrogen and oxygen atoms in total. The van der Waals surface area contributed by atoms with Gasteiger partial charge in [0.25, 0.3) is 5.91 Å². The number of anilines is 1. The molecule has 1 atom stereocenters. The van der Waals surface area contributed by atoms with E-state index in [1.54, 1.807) is 24.3 Å². The second-order valence-corrected chi connectivity index (χ2v) is 5.45. The van der Waals surface area contributed by atoms with E-state index >= 15 is 0 Å². The van der Waals surface area contributed by atoms with Gasteiger partial charge in [-0.15, -0.1) is 0 Å². The monoisotopic (exact) mass is 295 g/mol. The minimum atomic E-state index is -0.303. The van der Waals surface area contributed by atoms with Crippen LogP contribution in [0.25, 0.3) is 0 Å². The maximum Gasteiger partial charge on any atom is 0.292 e. The molecule has 0 bridgehead atoms. The number of carbonyl (C=O) groups excluding carboxylic acids is 2. The molecule has 0 spiro atoms. The summed E-state index contributed by atoms with van der Waals surface area (Å²) >= 11 is 6.10. The third-order valence-corrected chi connectivity index (χ3v) is 4.19. The van der Waals surface area contributed by atoms with Crippen molar-refractivity contribution >= 4 is 29.1 Å². The maximum atomic E-state index is 12.6. The van der Waals surface area contributed by atoms with Crippen LogP contribution in [0.5, 0.6) is 0 Å². The van der Waals surface area contributed by atoms with Gasteiger partial charge >= 0.3 is 0 Å². The molecule has 1 N–H and O–H groups in total. The predicted molar refractivity (Wildman–Crippen MR) is 73.9 cm³/mol. The molecule has 1 aromatic rings. The van der Waals surface area contributed by atoms with Gasteiger partial charge in [0.05, 0.1) is 30.3 Å². The SMILES string of the molecule is O=C1C[C@@H]([NH+]2CCOCC2)C(=O)N1c1ccccc1Cl. The fourth-order valence-corrected chi connectivity index (χ4v) is 3.04. The Morgan fingerprint density at radius 1 is 1.20 bits per heavy atom. The summed E-state index contributed by atoms with van der Waals surface area (Å²) in [6, 6.07) is 6.64.